The molecule has 1 atom stereocenters. The van der Waals surface area contributed by atoms with Gasteiger partial charge in [-0.2, -0.15) is 0 Å². The van der Waals surface area contributed by atoms with E-state index in [0.717, 1.165) is 0 Å². The molecule has 0 aliphatic heterocycles. The maximum Gasteiger partial charge on any atom is 0.238 e. The molecule has 7 heteroatoms. The molecule has 19 heavy (non-hydrogen) atoms. The van der Waals surface area contributed by atoms with Gasteiger partial charge in [0.15, 0.2) is 9.84 Å². The lowest BCUT2D eigenvalue weighted by molar-refractivity contribution is -0.120. The van der Waals surface area contributed by atoms with Crippen molar-refractivity contribution < 1.29 is 13.2 Å². The van der Waals surface area contributed by atoms with E-state index < -0.39 is 21.0 Å². The summed E-state index contributed by atoms with van der Waals surface area (Å²) in [6.07, 6.45) is 0. The normalized spacial score (nSPS) is 13.3. The number of halogens is 1. The maximum absolute atomic E-state index is 12.4. The number of nitrogens with one attached hydrogen (secondary N) is 1. The van der Waals surface area contributed by atoms with Crippen LogP contribution in [0, 0.1) is 0 Å². The van der Waals surface area contributed by atoms with Crippen LogP contribution in [-0.4, -0.2) is 25.6 Å². The van der Waals surface area contributed by atoms with Crippen LogP contribution in [0.5, 0.6) is 0 Å². The lowest BCUT2D eigenvalue weighted by atomic mass is 10.3. The van der Waals surface area contributed by atoms with E-state index >= 15 is 0 Å². The summed E-state index contributed by atoms with van der Waals surface area (Å²) >= 11 is 3.19. The highest BCUT2D eigenvalue weighted by Crippen LogP contribution is 2.26. The summed E-state index contributed by atoms with van der Waals surface area (Å²) < 4.78 is 25.3. The minimum absolute atomic E-state index is 0.0340. The Balaban J connectivity index is 3.17. The lowest BCUT2D eigenvalue weighted by Crippen LogP contribution is -2.41. The van der Waals surface area contributed by atoms with Crippen molar-refractivity contribution in [1.82, 2.24) is 5.32 Å². The molecule has 1 rings (SSSR count). The van der Waals surface area contributed by atoms with Crippen molar-refractivity contribution in [2.24, 2.45) is 0 Å². The van der Waals surface area contributed by atoms with Crippen molar-refractivity contribution in [2.45, 2.75) is 37.0 Å². The third-order valence-electron chi connectivity index (χ3n) is 2.55. The number of nitrogens with two attached hydrogens (primary N) is 1. The fourth-order valence-corrected chi connectivity index (χ4v) is 3.42. The molecule has 0 aliphatic carbocycles. The number of amides is 1. The molecule has 106 valence electrons. The van der Waals surface area contributed by atoms with Gasteiger partial charge in [-0.05, 0) is 39.0 Å². The predicted octanol–water partition coefficient (Wildman–Crippen LogP) is 1.72. The molecule has 0 fully saturated rings. The van der Waals surface area contributed by atoms with Crippen molar-refractivity contribution in [2.75, 3.05) is 5.73 Å². The van der Waals surface area contributed by atoms with Gasteiger partial charge in [0, 0.05) is 10.5 Å². The van der Waals surface area contributed by atoms with Crippen molar-refractivity contribution in [3.05, 3.63) is 22.7 Å². The first kappa shape index (κ1) is 16.0. The van der Waals surface area contributed by atoms with Crippen molar-refractivity contribution in [3.63, 3.8) is 0 Å². The zero-order valence-electron chi connectivity index (χ0n) is 11.0. The highest BCUT2D eigenvalue weighted by molar-refractivity contribution is 9.10. The Hall–Kier alpha value is -1.08. The number of rotatable bonds is 4. The molecule has 0 aromatic heterocycles. The van der Waals surface area contributed by atoms with Crippen LogP contribution in [-0.2, 0) is 14.6 Å². The summed E-state index contributed by atoms with van der Waals surface area (Å²) in [5.41, 5.74) is 5.81. The Morgan fingerprint density at radius 1 is 1.32 bits per heavy atom. The maximum atomic E-state index is 12.4. The zero-order chi connectivity index (χ0) is 14.8. The average Bonchev–Trinajstić information content (AvgIpc) is 2.30. The molecular weight excluding hydrogens is 332 g/mol. The largest absolute Gasteiger partial charge is 0.398 e. The summed E-state index contributed by atoms with van der Waals surface area (Å²) in [5.74, 6) is -0.533. The van der Waals surface area contributed by atoms with Gasteiger partial charge >= 0.3 is 0 Å². The molecule has 0 bridgehead atoms. The van der Waals surface area contributed by atoms with Gasteiger partial charge in [-0.25, -0.2) is 8.42 Å². The van der Waals surface area contributed by atoms with Crippen LogP contribution in [0.3, 0.4) is 0 Å². The van der Waals surface area contributed by atoms with E-state index in [-0.39, 0.29) is 16.6 Å². The van der Waals surface area contributed by atoms with Gasteiger partial charge in [0.2, 0.25) is 5.91 Å². The topological polar surface area (TPSA) is 89.3 Å². The first-order chi connectivity index (χ1) is 8.66. The van der Waals surface area contributed by atoms with Crippen LogP contribution in [0.1, 0.15) is 20.8 Å². The molecule has 0 saturated carbocycles. The number of anilines is 1. The molecule has 0 heterocycles. The van der Waals surface area contributed by atoms with Crippen LogP contribution in [0.25, 0.3) is 0 Å². The van der Waals surface area contributed by atoms with Gasteiger partial charge in [-0.3, -0.25) is 4.79 Å². The molecule has 1 unspecified atom stereocenters. The minimum atomic E-state index is -3.80. The molecule has 1 amide bonds. The van der Waals surface area contributed by atoms with Crippen molar-refractivity contribution >= 4 is 37.4 Å². The van der Waals surface area contributed by atoms with E-state index in [4.69, 9.17) is 5.73 Å². The second-order valence-corrected chi connectivity index (χ2v) is 7.69. The first-order valence-electron chi connectivity index (χ1n) is 5.75. The van der Waals surface area contributed by atoms with Crippen LogP contribution in [0.15, 0.2) is 27.6 Å². The summed E-state index contributed by atoms with van der Waals surface area (Å²) in [4.78, 5) is 11.8. The van der Waals surface area contributed by atoms with Crippen LogP contribution < -0.4 is 11.1 Å². The van der Waals surface area contributed by atoms with Gasteiger partial charge in [-0.15, -0.1) is 0 Å². The van der Waals surface area contributed by atoms with Crippen LogP contribution in [0.4, 0.5) is 5.69 Å². The number of carbonyl (C=O) groups excluding carboxylic acids is 1. The number of hydrogen-bond donors (Lipinski definition) is 2. The van der Waals surface area contributed by atoms with Gasteiger partial charge in [0.05, 0.1) is 10.6 Å². The molecule has 0 radical (unpaired) electrons. The van der Waals surface area contributed by atoms with E-state index in [1.54, 1.807) is 19.9 Å². The first-order valence-corrected chi connectivity index (χ1v) is 8.09. The van der Waals surface area contributed by atoms with Gasteiger partial charge in [-0.1, -0.05) is 15.9 Å². The number of nitrogen functional groups attached to an aromatic ring is 1. The number of benzene rings is 1. The van der Waals surface area contributed by atoms with Gasteiger partial charge in [0.25, 0.3) is 0 Å². The molecule has 0 aliphatic rings. The third-order valence-corrected chi connectivity index (χ3v) is 5.15. The molecular formula is C12H17BrN2O3S. The van der Waals surface area contributed by atoms with E-state index in [0.29, 0.717) is 4.47 Å². The Morgan fingerprint density at radius 3 is 2.42 bits per heavy atom. The fourth-order valence-electron chi connectivity index (χ4n) is 1.49. The molecule has 0 spiro atoms. The average molecular weight is 349 g/mol. The predicted molar refractivity (Wildman–Crippen MR) is 78.5 cm³/mol. The summed E-state index contributed by atoms with van der Waals surface area (Å²) in [5, 5.41) is 1.39. The highest BCUT2D eigenvalue weighted by atomic mass is 79.9. The van der Waals surface area contributed by atoms with E-state index in [1.807, 2.05) is 0 Å². The van der Waals surface area contributed by atoms with E-state index in [1.165, 1.54) is 19.1 Å². The lowest BCUT2D eigenvalue weighted by Gasteiger charge is -2.16. The summed E-state index contributed by atoms with van der Waals surface area (Å²) in [6.45, 7) is 4.89. The molecule has 0 saturated heterocycles. The number of sulfone groups is 1. The number of hydrogen-bond acceptors (Lipinski definition) is 4. The third kappa shape index (κ3) is 3.70. The quantitative estimate of drug-likeness (QED) is 0.810. The SMILES string of the molecule is CC(C)NC(=O)C(C)S(=O)(=O)c1cc(Br)ccc1N. The number of carbonyl (C=O) groups is 1. The van der Waals surface area contributed by atoms with Gasteiger partial charge in [0.1, 0.15) is 5.25 Å². The highest BCUT2D eigenvalue weighted by Gasteiger charge is 2.31. The van der Waals surface area contributed by atoms with Crippen molar-refractivity contribution in [1.29, 1.82) is 0 Å². The zero-order valence-corrected chi connectivity index (χ0v) is 13.4. The van der Waals surface area contributed by atoms with Gasteiger partial charge < -0.3 is 11.1 Å². The van der Waals surface area contributed by atoms with Crippen LogP contribution >= 0.6 is 15.9 Å². The minimum Gasteiger partial charge on any atom is -0.398 e. The van der Waals surface area contributed by atoms with E-state index in [9.17, 15) is 13.2 Å². The monoisotopic (exact) mass is 348 g/mol. The standard InChI is InChI=1S/C12H17BrN2O3S/c1-7(2)15-12(16)8(3)19(17,18)11-6-9(13)4-5-10(11)14/h4-8H,14H2,1-3H3,(H,15,16). The summed E-state index contributed by atoms with van der Waals surface area (Å²) in [6, 6.07) is 4.42. The summed E-state index contributed by atoms with van der Waals surface area (Å²) in [7, 11) is -3.80. The van der Waals surface area contributed by atoms with Crippen molar-refractivity contribution in [3.8, 4) is 0 Å². The second-order valence-electron chi connectivity index (χ2n) is 4.53. The van der Waals surface area contributed by atoms with E-state index in [2.05, 4.69) is 21.2 Å². The molecule has 1 aromatic rings. The Morgan fingerprint density at radius 2 is 1.89 bits per heavy atom. The second kappa shape index (κ2) is 5.92. The Labute approximate surface area is 121 Å². The Kier molecular flexibility index (Phi) is 4.98. The van der Waals surface area contributed by atoms with Crippen LogP contribution in [0.2, 0.25) is 0 Å². The Bertz CT molecular complexity index is 585. The molecule has 1 aromatic carbocycles. The smallest absolute Gasteiger partial charge is 0.238 e. The molecule has 3 N–H and O–H groups in total. The molecule has 5 nitrogen and oxygen atoms in total. The fraction of sp³-hybridized carbons (Fsp3) is 0.417.